The summed E-state index contributed by atoms with van der Waals surface area (Å²) in [5.41, 5.74) is 1.55. The number of rotatable bonds is 6. The number of benzene rings is 2. The van der Waals surface area contributed by atoms with E-state index in [-0.39, 0.29) is 5.70 Å². The van der Waals surface area contributed by atoms with E-state index in [0.29, 0.717) is 23.0 Å². The van der Waals surface area contributed by atoms with Crippen molar-refractivity contribution in [2.45, 2.75) is 0 Å². The van der Waals surface area contributed by atoms with Gasteiger partial charge in [-0.2, -0.15) is 4.68 Å². The van der Waals surface area contributed by atoms with Gasteiger partial charge in [0.15, 0.2) is 5.82 Å². The van der Waals surface area contributed by atoms with Gasteiger partial charge in [-0.1, -0.05) is 36.4 Å². The number of nitrogens with one attached hydrogen (secondary N) is 1. The van der Waals surface area contributed by atoms with Gasteiger partial charge in [-0.15, -0.1) is 5.10 Å². The van der Waals surface area contributed by atoms with Gasteiger partial charge < -0.3 is 14.5 Å². The Morgan fingerprint density at radius 1 is 1.10 bits per heavy atom. The van der Waals surface area contributed by atoms with Crippen LogP contribution in [0.15, 0.2) is 77.4 Å². The van der Waals surface area contributed by atoms with E-state index in [2.05, 4.69) is 20.8 Å². The zero-order valence-corrected chi connectivity index (χ0v) is 15.5. The standard InChI is InChI=1S/C21H17N5O3/c1-28-17-10-5-9-16(13-17)22-21(27)19(14-18-11-6-12-29-18)26-20(23-24-25-26)15-7-3-2-4-8-15/h2-14H,1H3,(H,22,27)/b19-14+. The highest BCUT2D eigenvalue weighted by Gasteiger charge is 2.20. The average Bonchev–Trinajstić information content (AvgIpc) is 3.44. The minimum Gasteiger partial charge on any atom is -0.497 e. The van der Waals surface area contributed by atoms with Crippen LogP contribution in [0.25, 0.3) is 23.2 Å². The van der Waals surface area contributed by atoms with Crippen LogP contribution in [0.5, 0.6) is 5.75 Å². The number of hydrogen-bond acceptors (Lipinski definition) is 6. The van der Waals surface area contributed by atoms with E-state index in [1.54, 1.807) is 49.6 Å². The van der Waals surface area contributed by atoms with E-state index in [4.69, 9.17) is 9.15 Å². The summed E-state index contributed by atoms with van der Waals surface area (Å²) < 4.78 is 12.0. The molecule has 0 radical (unpaired) electrons. The topological polar surface area (TPSA) is 95.1 Å². The number of methoxy groups -OCH3 is 1. The molecule has 1 N–H and O–H groups in total. The zero-order valence-electron chi connectivity index (χ0n) is 15.5. The third-order valence-electron chi connectivity index (χ3n) is 4.11. The number of carbonyl (C=O) groups excluding carboxylic acids is 1. The Kier molecular flexibility index (Phi) is 5.15. The molecule has 4 aromatic rings. The molecule has 0 aliphatic rings. The maximum atomic E-state index is 13.1. The van der Waals surface area contributed by atoms with Gasteiger partial charge in [-0.3, -0.25) is 4.79 Å². The van der Waals surface area contributed by atoms with Gasteiger partial charge in [0, 0.05) is 23.4 Å². The summed E-state index contributed by atoms with van der Waals surface area (Å²) in [5.74, 6) is 1.16. The highest BCUT2D eigenvalue weighted by molar-refractivity contribution is 6.24. The Labute approximate surface area is 166 Å². The summed E-state index contributed by atoms with van der Waals surface area (Å²) in [7, 11) is 1.57. The number of ether oxygens (including phenoxy) is 1. The van der Waals surface area contributed by atoms with E-state index in [1.165, 1.54) is 10.9 Å². The fourth-order valence-corrected chi connectivity index (χ4v) is 2.74. The number of aromatic nitrogens is 4. The number of nitrogens with zero attached hydrogens (tertiary/aromatic N) is 4. The van der Waals surface area contributed by atoms with Gasteiger partial charge in [0.1, 0.15) is 17.2 Å². The first kappa shape index (κ1) is 18.2. The highest BCUT2D eigenvalue weighted by atomic mass is 16.5. The van der Waals surface area contributed by atoms with Gasteiger partial charge in [0.05, 0.1) is 13.4 Å². The Morgan fingerprint density at radius 3 is 2.72 bits per heavy atom. The number of anilines is 1. The first-order chi connectivity index (χ1) is 14.2. The quantitative estimate of drug-likeness (QED) is 0.508. The smallest absolute Gasteiger partial charge is 0.274 e. The lowest BCUT2D eigenvalue weighted by Crippen LogP contribution is -2.19. The summed E-state index contributed by atoms with van der Waals surface area (Å²) >= 11 is 0. The van der Waals surface area contributed by atoms with Crippen molar-refractivity contribution in [3.63, 3.8) is 0 Å². The van der Waals surface area contributed by atoms with Crippen LogP contribution in [0, 0.1) is 0 Å². The van der Waals surface area contributed by atoms with Gasteiger partial charge in [-0.05, 0) is 34.7 Å². The number of hydrogen-bond donors (Lipinski definition) is 1. The average molecular weight is 387 g/mol. The molecular weight excluding hydrogens is 370 g/mol. The molecule has 0 aliphatic carbocycles. The van der Waals surface area contributed by atoms with Crippen LogP contribution in [0.1, 0.15) is 5.76 Å². The molecule has 2 heterocycles. The molecule has 1 amide bonds. The van der Waals surface area contributed by atoms with Crippen molar-refractivity contribution >= 4 is 23.4 Å². The monoisotopic (exact) mass is 387 g/mol. The molecule has 0 unspecified atom stereocenters. The van der Waals surface area contributed by atoms with Crippen LogP contribution in [-0.4, -0.2) is 33.2 Å². The lowest BCUT2D eigenvalue weighted by Gasteiger charge is -2.11. The van der Waals surface area contributed by atoms with E-state index in [1.807, 2.05) is 30.3 Å². The molecule has 4 rings (SSSR count). The minimum absolute atomic E-state index is 0.201. The fraction of sp³-hybridized carbons (Fsp3) is 0.0476. The normalized spacial score (nSPS) is 11.3. The van der Waals surface area contributed by atoms with E-state index in [0.717, 1.165) is 5.56 Å². The lowest BCUT2D eigenvalue weighted by atomic mass is 10.2. The predicted molar refractivity (Wildman–Crippen MR) is 108 cm³/mol. The number of carbonyl (C=O) groups is 1. The lowest BCUT2D eigenvalue weighted by molar-refractivity contribution is -0.111. The fourth-order valence-electron chi connectivity index (χ4n) is 2.74. The molecule has 0 atom stereocenters. The molecule has 29 heavy (non-hydrogen) atoms. The second kappa shape index (κ2) is 8.22. The molecule has 8 nitrogen and oxygen atoms in total. The van der Waals surface area contributed by atoms with Crippen molar-refractivity contribution in [3.8, 4) is 17.1 Å². The Hall–Kier alpha value is -4.20. The number of amides is 1. The Morgan fingerprint density at radius 2 is 1.97 bits per heavy atom. The van der Waals surface area contributed by atoms with Crippen LogP contribution in [0.4, 0.5) is 5.69 Å². The third-order valence-corrected chi connectivity index (χ3v) is 4.11. The predicted octanol–water partition coefficient (Wildman–Crippen LogP) is 3.58. The molecule has 144 valence electrons. The second-order valence-electron chi connectivity index (χ2n) is 6.01. The minimum atomic E-state index is -0.404. The van der Waals surface area contributed by atoms with Crippen LogP contribution >= 0.6 is 0 Å². The van der Waals surface area contributed by atoms with Crippen molar-refractivity contribution < 1.29 is 13.9 Å². The molecule has 0 spiro atoms. The van der Waals surface area contributed by atoms with Crippen molar-refractivity contribution in [1.82, 2.24) is 20.2 Å². The summed E-state index contributed by atoms with van der Waals surface area (Å²) in [6.07, 6.45) is 3.11. The van der Waals surface area contributed by atoms with E-state index >= 15 is 0 Å². The Balaban J connectivity index is 1.74. The van der Waals surface area contributed by atoms with Crippen molar-refractivity contribution in [3.05, 3.63) is 78.8 Å². The summed E-state index contributed by atoms with van der Waals surface area (Å²) in [5, 5.41) is 14.7. The molecule has 0 saturated carbocycles. The van der Waals surface area contributed by atoms with Crippen LogP contribution in [-0.2, 0) is 4.79 Å². The molecule has 2 aromatic carbocycles. The van der Waals surface area contributed by atoms with E-state index in [9.17, 15) is 4.79 Å². The number of tetrazole rings is 1. The molecule has 8 heteroatoms. The molecule has 0 fully saturated rings. The second-order valence-corrected chi connectivity index (χ2v) is 6.01. The van der Waals surface area contributed by atoms with Crippen molar-refractivity contribution in [2.75, 3.05) is 12.4 Å². The first-order valence-electron chi connectivity index (χ1n) is 8.79. The van der Waals surface area contributed by atoms with Crippen LogP contribution < -0.4 is 10.1 Å². The third kappa shape index (κ3) is 4.06. The van der Waals surface area contributed by atoms with Gasteiger partial charge in [-0.25, -0.2) is 0 Å². The van der Waals surface area contributed by atoms with E-state index < -0.39 is 5.91 Å². The molecule has 0 bridgehead atoms. The largest absolute Gasteiger partial charge is 0.497 e. The molecule has 0 saturated heterocycles. The van der Waals surface area contributed by atoms with Crippen LogP contribution in [0.3, 0.4) is 0 Å². The molecule has 2 aromatic heterocycles. The maximum absolute atomic E-state index is 13.1. The van der Waals surface area contributed by atoms with Gasteiger partial charge in [0.25, 0.3) is 5.91 Å². The Bertz CT molecular complexity index is 1130. The zero-order chi connectivity index (χ0) is 20.1. The summed E-state index contributed by atoms with van der Waals surface area (Å²) in [4.78, 5) is 13.1. The highest BCUT2D eigenvalue weighted by Crippen LogP contribution is 2.23. The van der Waals surface area contributed by atoms with Gasteiger partial charge >= 0.3 is 0 Å². The van der Waals surface area contributed by atoms with Crippen molar-refractivity contribution in [1.29, 1.82) is 0 Å². The SMILES string of the molecule is COc1cccc(NC(=O)/C(=C\c2ccco2)n2nnnc2-c2ccccc2)c1. The maximum Gasteiger partial charge on any atom is 0.274 e. The summed E-state index contributed by atoms with van der Waals surface area (Å²) in [6.45, 7) is 0. The molecular formula is C21H17N5O3. The van der Waals surface area contributed by atoms with Gasteiger partial charge in [0.2, 0.25) is 0 Å². The van der Waals surface area contributed by atoms with Crippen molar-refractivity contribution in [2.24, 2.45) is 0 Å². The molecule has 0 aliphatic heterocycles. The van der Waals surface area contributed by atoms with Crippen LogP contribution in [0.2, 0.25) is 0 Å². The number of furan rings is 1. The first-order valence-corrected chi connectivity index (χ1v) is 8.79. The summed E-state index contributed by atoms with van der Waals surface area (Å²) in [6, 6.07) is 19.9.